The average molecular weight is 331 g/mol. The molecule has 1 aliphatic heterocycles. The van der Waals surface area contributed by atoms with Gasteiger partial charge in [0.05, 0.1) is 6.04 Å². The summed E-state index contributed by atoms with van der Waals surface area (Å²) >= 11 is 0. The SMILES string of the molecule is CC(=O)Nc1ccc(C)c(NC(=O)[C@@H](C(C)C)N2CCCCC2)c1. The first-order chi connectivity index (χ1) is 11.4. The fourth-order valence-electron chi connectivity index (χ4n) is 3.33. The average Bonchev–Trinajstić information content (AvgIpc) is 2.51. The maximum absolute atomic E-state index is 12.9. The fraction of sp³-hybridized carbons (Fsp3) is 0.579. The van der Waals surface area contributed by atoms with Gasteiger partial charge in [-0.1, -0.05) is 26.3 Å². The van der Waals surface area contributed by atoms with Crippen LogP contribution in [0.3, 0.4) is 0 Å². The summed E-state index contributed by atoms with van der Waals surface area (Å²) in [5.74, 6) is 0.168. The normalized spacial score (nSPS) is 16.7. The zero-order chi connectivity index (χ0) is 17.7. The van der Waals surface area contributed by atoms with Crippen molar-refractivity contribution in [2.75, 3.05) is 23.7 Å². The predicted octanol–water partition coefficient (Wildman–Crippen LogP) is 3.40. The molecule has 2 amide bonds. The third kappa shape index (κ3) is 4.81. The second-order valence-electron chi connectivity index (χ2n) is 6.99. The summed E-state index contributed by atoms with van der Waals surface area (Å²) in [6, 6.07) is 5.46. The number of rotatable bonds is 5. The van der Waals surface area contributed by atoms with Gasteiger partial charge in [-0.25, -0.2) is 0 Å². The van der Waals surface area contributed by atoms with Crippen molar-refractivity contribution in [3.8, 4) is 0 Å². The van der Waals surface area contributed by atoms with E-state index in [2.05, 4.69) is 29.4 Å². The van der Waals surface area contributed by atoms with Crippen molar-refractivity contribution in [3.05, 3.63) is 23.8 Å². The number of likely N-dealkylation sites (tertiary alicyclic amines) is 1. The number of carbonyl (C=O) groups excluding carboxylic acids is 2. The first-order valence-corrected chi connectivity index (χ1v) is 8.81. The standard InChI is InChI=1S/C19H29N3O2/c1-13(2)18(22-10-6-5-7-11-22)19(24)21-17-12-16(20-15(4)23)9-8-14(17)3/h8-9,12-13,18H,5-7,10-11H2,1-4H3,(H,20,23)(H,21,24)/t18-/m1/s1. The van der Waals surface area contributed by atoms with Gasteiger partial charge in [-0.05, 0) is 56.5 Å². The second-order valence-corrected chi connectivity index (χ2v) is 6.99. The largest absolute Gasteiger partial charge is 0.326 e. The van der Waals surface area contributed by atoms with Gasteiger partial charge >= 0.3 is 0 Å². The van der Waals surface area contributed by atoms with Crippen LogP contribution < -0.4 is 10.6 Å². The van der Waals surface area contributed by atoms with Crippen molar-refractivity contribution in [2.45, 2.75) is 53.0 Å². The van der Waals surface area contributed by atoms with Gasteiger partial charge in [0, 0.05) is 18.3 Å². The van der Waals surface area contributed by atoms with E-state index in [4.69, 9.17) is 0 Å². The Kier molecular flexibility index (Phi) is 6.37. The smallest absolute Gasteiger partial charge is 0.242 e. The minimum absolute atomic E-state index is 0.0370. The molecule has 2 N–H and O–H groups in total. The third-order valence-electron chi connectivity index (χ3n) is 4.50. The summed E-state index contributed by atoms with van der Waals surface area (Å²) < 4.78 is 0. The highest BCUT2D eigenvalue weighted by Gasteiger charge is 2.30. The van der Waals surface area contributed by atoms with E-state index in [1.165, 1.54) is 13.3 Å². The molecule has 0 bridgehead atoms. The van der Waals surface area contributed by atoms with Crippen LogP contribution >= 0.6 is 0 Å². The maximum atomic E-state index is 12.9. The number of carbonyl (C=O) groups is 2. The minimum Gasteiger partial charge on any atom is -0.326 e. The Morgan fingerprint density at radius 2 is 1.75 bits per heavy atom. The summed E-state index contributed by atoms with van der Waals surface area (Å²) in [5.41, 5.74) is 2.44. The van der Waals surface area contributed by atoms with Crippen molar-refractivity contribution in [1.29, 1.82) is 0 Å². The van der Waals surface area contributed by atoms with E-state index < -0.39 is 0 Å². The van der Waals surface area contributed by atoms with Crippen molar-refractivity contribution >= 4 is 23.2 Å². The molecule has 0 aliphatic carbocycles. The predicted molar refractivity (Wildman–Crippen MR) is 98.2 cm³/mol. The monoisotopic (exact) mass is 331 g/mol. The molecular weight excluding hydrogens is 302 g/mol. The molecule has 1 heterocycles. The van der Waals surface area contributed by atoms with E-state index >= 15 is 0 Å². The molecule has 0 radical (unpaired) electrons. The molecule has 132 valence electrons. The van der Waals surface area contributed by atoms with Crippen LogP contribution in [0.15, 0.2) is 18.2 Å². The molecule has 0 saturated carbocycles. The summed E-state index contributed by atoms with van der Waals surface area (Å²) in [7, 11) is 0. The number of nitrogens with zero attached hydrogens (tertiary/aromatic N) is 1. The number of amides is 2. The summed E-state index contributed by atoms with van der Waals surface area (Å²) in [6.45, 7) is 9.60. The highest BCUT2D eigenvalue weighted by molar-refractivity contribution is 5.97. The van der Waals surface area contributed by atoms with Gasteiger partial charge in [-0.3, -0.25) is 14.5 Å². The first kappa shape index (κ1) is 18.5. The Balaban J connectivity index is 2.15. The molecule has 5 heteroatoms. The molecule has 1 fully saturated rings. The van der Waals surface area contributed by atoms with Crippen LogP contribution in [0.2, 0.25) is 0 Å². The van der Waals surface area contributed by atoms with E-state index in [1.54, 1.807) is 0 Å². The number of hydrogen-bond donors (Lipinski definition) is 2. The number of aryl methyl sites for hydroxylation is 1. The molecule has 1 aromatic carbocycles. The van der Waals surface area contributed by atoms with Crippen LogP contribution in [-0.4, -0.2) is 35.8 Å². The summed E-state index contributed by atoms with van der Waals surface area (Å²) in [4.78, 5) is 26.4. The van der Waals surface area contributed by atoms with Crippen LogP contribution in [0.1, 0.15) is 45.6 Å². The maximum Gasteiger partial charge on any atom is 0.242 e. The fourth-order valence-corrected chi connectivity index (χ4v) is 3.33. The lowest BCUT2D eigenvalue weighted by molar-refractivity contribution is -0.123. The highest BCUT2D eigenvalue weighted by atomic mass is 16.2. The van der Waals surface area contributed by atoms with Crippen LogP contribution in [0.5, 0.6) is 0 Å². The number of nitrogens with one attached hydrogen (secondary N) is 2. The number of piperidine rings is 1. The lowest BCUT2D eigenvalue weighted by Gasteiger charge is -2.36. The Morgan fingerprint density at radius 3 is 2.33 bits per heavy atom. The lowest BCUT2D eigenvalue weighted by atomic mass is 9.98. The van der Waals surface area contributed by atoms with E-state index in [0.717, 1.165) is 37.2 Å². The number of benzene rings is 1. The number of hydrogen-bond acceptors (Lipinski definition) is 3. The van der Waals surface area contributed by atoms with Gasteiger partial charge in [0.1, 0.15) is 0 Å². The Labute approximate surface area is 144 Å². The van der Waals surface area contributed by atoms with Gasteiger partial charge in [0.2, 0.25) is 11.8 Å². The molecule has 1 saturated heterocycles. The Hall–Kier alpha value is -1.88. The van der Waals surface area contributed by atoms with Crippen molar-refractivity contribution in [1.82, 2.24) is 4.90 Å². The molecule has 0 spiro atoms. The third-order valence-corrected chi connectivity index (χ3v) is 4.50. The van der Waals surface area contributed by atoms with Crippen LogP contribution in [0.4, 0.5) is 11.4 Å². The van der Waals surface area contributed by atoms with E-state index in [0.29, 0.717) is 5.69 Å². The van der Waals surface area contributed by atoms with Crippen LogP contribution in [-0.2, 0) is 9.59 Å². The minimum atomic E-state index is -0.121. The molecule has 1 aliphatic rings. The Bertz CT molecular complexity index is 592. The lowest BCUT2D eigenvalue weighted by Crippen LogP contribution is -2.49. The topological polar surface area (TPSA) is 61.4 Å². The van der Waals surface area contributed by atoms with Crippen LogP contribution in [0, 0.1) is 12.8 Å². The van der Waals surface area contributed by atoms with E-state index in [9.17, 15) is 9.59 Å². The molecule has 0 unspecified atom stereocenters. The molecule has 24 heavy (non-hydrogen) atoms. The van der Waals surface area contributed by atoms with Crippen molar-refractivity contribution in [2.24, 2.45) is 5.92 Å². The Morgan fingerprint density at radius 1 is 1.08 bits per heavy atom. The van der Waals surface area contributed by atoms with Gasteiger partial charge in [0.25, 0.3) is 0 Å². The molecular formula is C19H29N3O2. The zero-order valence-electron chi connectivity index (χ0n) is 15.2. The molecule has 5 nitrogen and oxygen atoms in total. The summed E-state index contributed by atoms with van der Waals surface area (Å²) in [5, 5.41) is 5.83. The van der Waals surface area contributed by atoms with Gasteiger partial charge < -0.3 is 10.6 Å². The van der Waals surface area contributed by atoms with E-state index in [1.807, 2.05) is 25.1 Å². The first-order valence-electron chi connectivity index (χ1n) is 8.81. The highest BCUT2D eigenvalue weighted by Crippen LogP contribution is 2.23. The number of anilines is 2. The van der Waals surface area contributed by atoms with Crippen molar-refractivity contribution in [3.63, 3.8) is 0 Å². The molecule has 1 aromatic rings. The van der Waals surface area contributed by atoms with Crippen LogP contribution in [0.25, 0.3) is 0 Å². The van der Waals surface area contributed by atoms with E-state index in [-0.39, 0.29) is 23.8 Å². The quantitative estimate of drug-likeness (QED) is 0.869. The second kappa shape index (κ2) is 8.29. The molecule has 1 atom stereocenters. The molecule has 0 aromatic heterocycles. The molecule has 2 rings (SSSR count). The zero-order valence-corrected chi connectivity index (χ0v) is 15.2. The summed E-state index contributed by atoms with van der Waals surface area (Å²) in [6.07, 6.45) is 3.57. The van der Waals surface area contributed by atoms with Gasteiger partial charge in [-0.2, -0.15) is 0 Å². The van der Waals surface area contributed by atoms with Gasteiger partial charge in [-0.15, -0.1) is 0 Å². The van der Waals surface area contributed by atoms with Crippen molar-refractivity contribution < 1.29 is 9.59 Å². The van der Waals surface area contributed by atoms with Gasteiger partial charge in [0.15, 0.2) is 0 Å².